The summed E-state index contributed by atoms with van der Waals surface area (Å²) in [6.45, 7) is -0.517. The Morgan fingerprint density at radius 2 is 1.41 bits per heavy atom. The molecule has 0 aliphatic carbocycles. The molecule has 0 fully saturated rings. The molecule has 190 valence electrons. The molecule has 2 nitrogen and oxygen atoms in total. The van der Waals surface area contributed by atoms with Crippen LogP contribution in [0.2, 0.25) is 11.5 Å². The zero-order valence-corrected chi connectivity index (χ0v) is 24.5. The van der Waals surface area contributed by atoms with Gasteiger partial charge in [0.1, 0.15) is 0 Å². The number of rotatable bonds is 3. The molecule has 1 aromatic heterocycles. The van der Waals surface area contributed by atoms with Gasteiger partial charge in [-0.15, -0.1) is 0 Å². The van der Waals surface area contributed by atoms with Crippen LogP contribution in [0.4, 0.5) is 4.39 Å². The van der Waals surface area contributed by atoms with Crippen molar-refractivity contribution in [3.8, 4) is 50.7 Å². The summed E-state index contributed by atoms with van der Waals surface area (Å²) in [5.74, 6) is 3.94. The summed E-state index contributed by atoms with van der Waals surface area (Å²) < 4.78 is 42.8. The zero-order chi connectivity index (χ0) is 30.0. The minimum absolute atomic E-state index is 0.289. The summed E-state index contributed by atoms with van der Waals surface area (Å²) in [5.41, 5.74) is 9.44. The van der Waals surface area contributed by atoms with E-state index < -0.39 is 25.9 Å². The average Bonchev–Trinajstić information content (AvgIpc) is 3.20. The SMILES string of the molecule is [2H]C([2H])([2H])c1c[n+](C)c(-c2c(C)ccc3[c]2[Ge]([CH3])([CH3])[c]2c-3ccc(C#N)c2-c2ccc(-c3ccccc3)cc2)cc1F. The van der Waals surface area contributed by atoms with Gasteiger partial charge < -0.3 is 0 Å². The van der Waals surface area contributed by atoms with Gasteiger partial charge in [-0.25, -0.2) is 0 Å². The third-order valence-corrected chi connectivity index (χ3v) is 15.5. The van der Waals surface area contributed by atoms with Crippen LogP contribution in [-0.4, -0.2) is 13.3 Å². The number of fused-ring (bicyclic) bond motifs is 3. The van der Waals surface area contributed by atoms with Crippen molar-refractivity contribution < 1.29 is 13.1 Å². The molecule has 39 heavy (non-hydrogen) atoms. The van der Waals surface area contributed by atoms with Crippen molar-refractivity contribution in [1.29, 1.82) is 5.26 Å². The first-order chi connectivity index (χ1) is 19.9. The monoisotopic (exact) mass is 574 g/mol. The molecule has 0 amide bonds. The molecule has 0 atom stereocenters. The van der Waals surface area contributed by atoms with Gasteiger partial charge in [-0.1, -0.05) is 0 Å². The number of hydrogen-bond donors (Lipinski definition) is 0. The molecule has 1 aliphatic heterocycles. The molecule has 0 spiro atoms. The van der Waals surface area contributed by atoms with Gasteiger partial charge in [0, 0.05) is 0 Å². The molecule has 1 aliphatic rings. The second kappa shape index (κ2) is 9.32. The predicted molar refractivity (Wildman–Crippen MR) is 160 cm³/mol. The number of nitriles is 1. The van der Waals surface area contributed by atoms with Gasteiger partial charge in [-0.3, -0.25) is 0 Å². The van der Waals surface area contributed by atoms with Crippen LogP contribution < -0.4 is 13.4 Å². The molecule has 0 saturated heterocycles. The van der Waals surface area contributed by atoms with Crippen LogP contribution in [0.25, 0.3) is 44.6 Å². The Morgan fingerprint density at radius 3 is 2.08 bits per heavy atom. The zero-order valence-electron chi connectivity index (χ0n) is 25.4. The summed E-state index contributed by atoms with van der Waals surface area (Å²) >= 11 is -3.16. The van der Waals surface area contributed by atoms with Gasteiger partial charge in [0.2, 0.25) is 0 Å². The Kier molecular flexibility index (Phi) is 5.23. The van der Waals surface area contributed by atoms with Crippen LogP contribution in [0.1, 0.15) is 20.8 Å². The molecule has 0 N–H and O–H groups in total. The fourth-order valence-electron chi connectivity index (χ4n) is 6.24. The first-order valence-corrected chi connectivity index (χ1v) is 19.3. The van der Waals surface area contributed by atoms with E-state index in [-0.39, 0.29) is 5.56 Å². The molecule has 5 aromatic rings. The maximum atomic E-state index is 15.3. The van der Waals surface area contributed by atoms with E-state index in [9.17, 15) is 5.26 Å². The Labute approximate surface area is 236 Å². The van der Waals surface area contributed by atoms with Gasteiger partial charge in [-0.05, 0) is 0 Å². The summed E-state index contributed by atoms with van der Waals surface area (Å²) in [6, 6.07) is 30.7. The van der Waals surface area contributed by atoms with E-state index in [1.54, 1.807) is 11.6 Å². The third-order valence-electron chi connectivity index (χ3n) is 8.04. The van der Waals surface area contributed by atoms with Gasteiger partial charge in [-0.2, -0.15) is 0 Å². The average molecular weight is 573 g/mol. The van der Waals surface area contributed by atoms with Gasteiger partial charge in [0.25, 0.3) is 0 Å². The second-order valence-corrected chi connectivity index (χ2v) is 19.7. The van der Waals surface area contributed by atoms with Crippen molar-refractivity contribution in [2.45, 2.75) is 25.3 Å². The summed E-state index contributed by atoms with van der Waals surface area (Å²) in [5, 5.41) is 10.2. The summed E-state index contributed by atoms with van der Waals surface area (Å²) in [4.78, 5) is 0. The third kappa shape index (κ3) is 3.94. The fourth-order valence-corrected chi connectivity index (χ4v) is 14.4. The number of nitrogens with zero attached hydrogens (tertiary/aromatic N) is 2. The number of halogens is 1. The standard InChI is InChI=1S/C35H30FGeN2/c1-22-11-17-28-29-18-16-27(20-38)33(26-14-12-25(13-15-26)24-9-7-6-8-10-24)35(29)37(3,4)34(28)32(22)31-19-30(36)23(2)21-39(31)5/h6-19,21H,1-5H3/q+1/i2D3. The summed E-state index contributed by atoms with van der Waals surface area (Å²) in [7, 11) is 1.78. The Balaban J connectivity index is 1.57. The van der Waals surface area contributed by atoms with E-state index in [1.165, 1.54) is 21.1 Å². The maximum absolute atomic E-state index is 15.3. The Hall–Kier alpha value is -4.01. The van der Waals surface area contributed by atoms with E-state index in [2.05, 4.69) is 72.2 Å². The Morgan fingerprint density at radius 1 is 0.795 bits per heavy atom. The van der Waals surface area contributed by atoms with Crippen molar-refractivity contribution in [3.05, 3.63) is 114 Å². The number of aromatic nitrogens is 1. The van der Waals surface area contributed by atoms with Crippen molar-refractivity contribution in [2.24, 2.45) is 7.05 Å². The van der Waals surface area contributed by atoms with Crippen LogP contribution in [-0.2, 0) is 7.05 Å². The molecule has 4 aromatic carbocycles. The Bertz CT molecular complexity index is 1920. The number of pyridine rings is 1. The van der Waals surface area contributed by atoms with E-state index >= 15 is 4.39 Å². The van der Waals surface area contributed by atoms with Crippen molar-refractivity contribution in [3.63, 3.8) is 0 Å². The normalized spacial score (nSPS) is 14.5. The molecular formula is C35H30FGeN2+. The van der Waals surface area contributed by atoms with Crippen LogP contribution >= 0.6 is 0 Å². The molecule has 0 bridgehead atoms. The number of aryl methyl sites for hydroxylation is 3. The van der Waals surface area contributed by atoms with Crippen LogP contribution in [0, 0.1) is 30.9 Å². The summed E-state index contributed by atoms with van der Waals surface area (Å²) in [6.07, 6.45) is 1.39. The first-order valence-electron chi connectivity index (χ1n) is 14.5. The molecule has 0 saturated carbocycles. The molecule has 6 rings (SSSR count). The first kappa shape index (κ1) is 21.9. The second-order valence-electron chi connectivity index (χ2n) is 10.8. The van der Waals surface area contributed by atoms with Crippen molar-refractivity contribution >= 4 is 22.1 Å². The number of hydrogen-bond acceptors (Lipinski definition) is 1. The number of benzene rings is 4. The topological polar surface area (TPSA) is 27.7 Å². The van der Waals surface area contributed by atoms with E-state index in [1.807, 2.05) is 31.2 Å². The van der Waals surface area contributed by atoms with Crippen molar-refractivity contribution in [2.75, 3.05) is 0 Å². The van der Waals surface area contributed by atoms with Gasteiger partial charge in [0.15, 0.2) is 0 Å². The molecular weight excluding hydrogens is 540 g/mol. The van der Waals surface area contributed by atoms with Crippen LogP contribution in [0.3, 0.4) is 0 Å². The minimum atomic E-state index is -3.16. The molecule has 4 heteroatoms. The fraction of sp³-hybridized carbons (Fsp3) is 0.143. The quantitative estimate of drug-likeness (QED) is 0.170. The van der Waals surface area contributed by atoms with E-state index in [0.717, 1.165) is 44.5 Å². The predicted octanol–water partition coefficient (Wildman–Crippen LogP) is 6.94. The molecule has 0 unspecified atom stereocenters. The molecule has 2 heterocycles. The van der Waals surface area contributed by atoms with E-state index in [4.69, 9.17) is 4.11 Å². The van der Waals surface area contributed by atoms with Crippen molar-refractivity contribution in [1.82, 2.24) is 0 Å². The van der Waals surface area contributed by atoms with Crippen LogP contribution in [0.15, 0.2) is 91.1 Å². The van der Waals surface area contributed by atoms with Crippen LogP contribution in [0.5, 0.6) is 0 Å². The van der Waals surface area contributed by atoms with E-state index in [0.29, 0.717) is 11.3 Å². The van der Waals surface area contributed by atoms with Gasteiger partial charge >= 0.3 is 237 Å². The van der Waals surface area contributed by atoms with Gasteiger partial charge in [0.05, 0.1) is 0 Å². The molecule has 0 radical (unpaired) electrons.